The molecule has 0 rings (SSSR count). The average Bonchev–Trinajstić information content (AvgIpc) is 2.29. The molecule has 0 saturated heterocycles. The van der Waals surface area contributed by atoms with Gasteiger partial charge in [0.1, 0.15) is 8.24 Å². The second-order valence-corrected chi connectivity index (χ2v) is 22.5. The minimum Gasteiger partial charge on any atom is -0.520 e. The van der Waals surface area contributed by atoms with Crippen LogP contribution in [0.1, 0.15) is 19.8 Å². The molecule has 0 aromatic heterocycles. The largest absolute Gasteiger partial charge is 0.520 e. The Balaban J connectivity index is 4.42. The highest BCUT2D eigenvalue weighted by atomic mass is 28.4. The van der Waals surface area contributed by atoms with Gasteiger partial charge in [0, 0.05) is 13.2 Å². The highest BCUT2D eigenvalue weighted by molar-refractivity contribution is 6.73. The Morgan fingerprint density at radius 1 is 0.957 bits per heavy atom. The van der Waals surface area contributed by atoms with Crippen molar-refractivity contribution in [3.8, 4) is 0 Å². The summed E-state index contributed by atoms with van der Waals surface area (Å²) in [5.41, 5.74) is 0. The van der Waals surface area contributed by atoms with E-state index < -0.39 is 24.9 Å². The lowest BCUT2D eigenvalue weighted by Gasteiger charge is -2.35. The SMILES string of the molecule is CCO[Si](C)(C)CCCN(CCC(=O)O[Si](C)(C)C)[Si](C)(C)C. The summed E-state index contributed by atoms with van der Waals surface area (Å²) in [6.07, 6.45) is 1.67. The molecular weight excluding hydrogens is 338 g/mol. The van der Waals surface area contributed by atoms with Crippen molar-refractivity contribution in [3.05, 3.63) is 0 Å². The van der Waals surface area contributed by atoms with E-state index >= 15 is 0 Å². The van der Waals surface area contributed by atoms with Gasteiger partial charge in [-0.25, -0.2) is 0 Å². The molecule has 0 atom stereocenters. The minimum atomic E-state index is -1.77. The summed E-state index contributed by atoms with van der Waals surface area (Å²) in [4.78, 5) is 12.0. The van der Waals surface area contributed by atoms with Crippen LogP contribution in [0.5, 0.6) is 0 Å². The molecule has 0 saturated carbocycles. The zero-order valence-corrected chi connectivity index (χ0v) is 19.9. The van der Waals surface area contributed by atoms with Crippen LogP contribution in [-0.2, 0) is 13.6 Å². The highest BCUT2D eigenvalue weighted by Crippen LogP contribution is 2.17. The van der Waals surface area contributed by atoms with Crippen molar-refractivity contribution in [1.82, 2.24) is 4.57 Å². The van der Waals surface area contributed by atoms with Crippen molar-refractivity contribution in [2.45, 2.75) is 78.2 Å². The molecule has 0 bridgehead atoms. The Hall–Kier alpha value is 0.0406. The van der Waals surface area contributed by atoms with Gasteiger partial charge in [0.05, 0.1) is 6.42 Å². The topological polar surface area (TPSA) is 38.8 Å². The molecule has 7 heteroatoms. The number of rotatable bonds is 11. The van der Waals surface area contributed by atoms with Crippen molar-refractivity contribution < 1.29 is 13.6 Å². The van der Waals surface area contributed by atoms with Crippen molar-refractivity contribution in [2.75, 3.05) is 19.7 Å². The Bertz CT molecular complexity index is 363. The lowest BCUT2D eigenvalue weighted by molar-refractivity contribution is -0.135. The van der Waals surface area contributed by atoms with E-state index in [0.29, 0.717) is 6.42 Å². The third kappa shape index (κ3) is 12.1. The molecule has 0 aromatic rings. The molecule has 138 valence electrons. The fraction of sp³-hybridized carbons (Fsp3) is 0.938. The van der Waals surface area contributed by atoms with E-state index in [1.54, 1.807) is 0 Å². The van der Waals surface area contributed by atoms with Crippen LogP contribution in [0.15, 0.2) is 0 Å². The standard InChI is InChI=1S/C16H39NO3Si3/c1-10-19-23(8,9)15-11-13-17(21(2,3)4)14-12-16(18)20-22(5,6)7/h10-15H2,1-9H3. The summed E-state index contributed by atoms with van der Waals surface area (Å²) in [5.74, 6) is -0.0311. The van der Waals surface area contributed by atoms with E-state index in [1.165, 1.54) is 6.04 Å². The predicted molar refractivity (Wildman–Crippen MR) is 108 cm³/mol. The number of carbonyl (C=O) groups excluding carboxylic acids is 1. The van der Waals surface area contributed by atoms with Crippen LogP contribution >= 0.6 is 0 Å². The molecule has 0 aliphatic heterocycles. The van der Waals surface area contributed by atoms with Gasteiger partial charge in [-0.3, -0.25) is 4.79 Å². The van der Waals surface area contributed by atoms with E-state index in [4.69, 9.17) is 8.85 Å². The summed E-state index contributed by atoms with van der Waals surface area (Å²) in [6, 6.07) is 1.18. The van der Waals surface area contributed by atoms with E-state index in [2.05, 4.69) is 63.9 Å². The first-order valence-corrected chi connectivity index (χ1v) is 18.8. The quantitative estimate of drug-likeness (QED) is 0.496. The maximum absolute atomic E-state index is 12.0. The van der Waals surface area contributed by atoms with Crippen LogP contribution < -0.4 is 0 Å². The normalized spacial score (nSPS) is 13.5. The molecule has 0 unspecified atom stereocenters. The molecule has 0 heterocycles. The van der Waals surface area contributed by atoms with Crippen LogP contribution in [-0.4, -0.2) is 55.1 Å². The Morgan fingerprint density at radius 3 is 1.96 bits per heavy atom. The van der Waals surface area contributed by atoms with Crippen molar-refractivity contribution in [3.63, 3.8) is 0 Å². The van der Waals surface area contributed by atoms with E-state index in [0.717, 1.165) is 26.1 Å². The van der Waals surface area contributed by atoms with Crippen LogP contribution in [0.4, 0.5) is 0 Å². The highest BCUT2D eigenvalue weighted by Gasteiger charge is 2.27. The van der Waals surface area contributed by atoms with Gasteiger partial charge >= 0.3 is 0 Å². The molecule has 0 spiro atoms. The van der Waals surface area contributed by atoms with E-state index in [1.807, 2.05) is 0 Å². The molecule has 0 radical (unpaired) electrons. The maximum Gasteiger partial charge on any atom is 0.293 e. The fourth-order valence-corrected chi connectivity index (χ4v) is 6.89. The van der Waals surface area contributed by atoms with Gasteiger partial charge in [0.2, 0.25) is 8.32 Å². The third-order valence-corrected chi connectivity index (χ3v) is 9.51. The molecule has 0 fully saturated rings. The van der Waals surface area contributed by atoms with Crippen LogP contribution in [0.25, 0.3) is 0 Å². The maximum atomic E-state index is 12.0. The van der Waals surface area contributed by atoms with Crippen molar-refractivity contribution in [2.24, 2.45) is 0 Å². The van der Waals surface area contributed by atoms with Gasteiger partial charge < -0.3 is 13.4 Å². The molecule has 23 heavy (non-hydrogen) atoms. The van der Waals surface area contributed by atoms with Gasteiger partial charge in [0.25, 0.3) is 5.97 Å². The van der Waals surface area contributed by atoms with Crippen molar-refractivity contribution >= 4 is 30.8 Å². The van der Waals surface area contributed by atoms with Crippen molar-refractivity contribution in [1.29, 1.82) is 0 Å². The molecular formula is C16H39NO3Si3. The Morgan fingerprint density at radius 2 is 1.52 bits per heavy atom. The first-order valence-electron chi connectivity index (χ1n) is 8.88. The number of hydrogen-bond donors (Lipinski definition) is 0. The summed E-state index contributed by atoms with van der Waals surface area (Å²) >= 11 is 0. The molecule has 0 aliphatic carbocycles. The minimum absolute atomic E-state index is 0.0311. The molecule has 0 amide bonds. The van der Waals surface area contributed by atoms with Crippen LogP contribution in [0.2, 0.25) is 58.4 Å². The lowest BCUT2D eigenvalue weighted by atomic mass is 10.4. The zero-order chi connectivity index (χ0) is 18.3. The van der Waals surface area contributed by atoms with Crippen LogP contribution in [0.3, 0.4) is 0 Å². The summed E-state index contributed by atoms with van der Waals surface area (Å²) < 4.78 is 14.0. The van der Waals surface area contributed by atoms with Crippen LogP contribution in [0, 0.1) is 0 Å². The van der Waals surface area contributed by atoms with Gasteiger partial charge in [-0.2, -0.15) is 0 Å². The molecule has 0 N–H and O–H groups in total. The average molecular weight is 378 g/mol. The van der Waals surface area contributed by atoms with Gasteiger partial charge in [-0.15, -0.1) is 0 Å². The van der Waals surface area contributed by atoms with Gasteiger partial charge in [0.15, 0.2) is 8.32 Å². The molecule has 0 aliphatic rings. The fourth-order valence-electron chi connectivity index (χ4n) is 2.56. The first kappa shape index (κ1) is 23.0. The summed E-state index contributed by atoms with van der Waals surface area (Å²) in [7, 11) is -4.68. The lowest BCUT2D eigenvalue weighted by Crippen LogP contribution is -2.48. The summed E-state index contributed by atoms with van der Waals surface area (Å²) in [5, 5.41) is 0. The van der Waals surface area contributed by atoms with Gasteiger partial charge in [-0.05, 0) is 58.7 Å². The number of hydrogen-bond acceptors (Lipinski definition) is 4. The number of carbonyl (C=O) groups is 1. The second-order valence-electron chi connectivity index (χ2n) is 8.79. The smallest absolute Gasteiger partial charge is 0.293 e. The Kier molecular flexibility index (Phi) is 9.52. The Labute approximate surface area is 147 Å². The second kappa shape index (κ2) is 9.50. The first-order chi connectivity index (χ1) is 10.3. The molecule has 0 aromatic carbocycles. The van der Waals surface area contributed by atoms with E-state index in [-0.39, 0.29) is 5.97 Å². The number of nitrogens with zero attached hydrogens (tertiary/aromatic N) is 1. The predicted octanol–water partition coefficient (Wildman–Crippen LogP) is 4.52. The zero-order valence-electron chi connectivity index (χ0n) is 16.9. The molecule has 4 nitrogen and oxygen atoms in total. The van der Waals surface area contributed by atoms with E-state index in [9.17, 15) is 4.79 Å². The monoisotopic (exact) mass is 377 g/mol. The van der Waals surface area contributed by atoms with Gasteiger partial charge in [-0.1, -0.05) is 19.6 Å². The third-order valence-electron chi connectivity index (χ3n) is 3.70. The summed E-state index contributed by atoms with van der Waals surface area (Å²) in [6.45, 7) is 22.6.